The highest BCUT2D eigenvalue weighted by Gasteiger charge is 2.22. The van der Waals surface area contributed by atoms with Gasteiger partial charge in [0.1, 0.15) is 5.75 Å². The number of anilines is 1. The standard InChI is InChI=1S/C12H18N2O/c1-14-8-10(9-14)6-7-15-12-4-2-11(13)3-5-12/h2-5,10H,6-9,13H2,1H3. The summed E-state index contributed by atoms with van der Waals surface area (Å²) in [6, 6.07) is 7.57. The van der Waals surface area contributed by atoms with Gasteiger partial charge in [-0.3, -0.25) is 0 Å². The van der Waals surface area contributed by atoms with E-state index in [4.69, 9.17) is 10.5 Å². The minimum atomic E-state index is 0.781. The van der Waals surface area contributed by atoms with E-state index in [2.05, 4.69) is 11.9 Å². The van der Waals surface area contributed by atoms with Crippen LogP contribution in [0.25, 0.3) is 0 Å². The summed E-state index contributed by atoms with van der Waals surface area (Å²) in [5.41, 5.74) is 6.37. The van der Waals surface area contributed by atoms with E-state index >= 15 is 0 Å². The van der Waals surface area contributed by atoms with Crippen molar-refractivity contribution < 1.29 is 4.74 Å². The van der Waals surface area contributed by atoms with Crippen LogP contribution in [-0.2, 0) is 0 Å². The highest BCUT2D eigenvalue weighted by Crippen LogP contribution is 2.18. The molecular formula is C12H18N2O. The largest absolute Gasteiger partial charge is 0.494 e. The second-order valence-corrected chi connectivity index (χ2v) is 4.29. The third-order valence-corrected chi connectivity index (χ3v) is 2.81. The molecule has 3 heteroatoms. The fourth-order valence-electron chi connectivity index (χ4n) is 1.92. The van der Waals surface area contributed by atoms with E-state index in [0.717, 1.165) is 30.4 Å². The number of hydrogen-bond acceptors (Lipinski definition) is 3. The Bertz CT molecular complexity index is 304. The SMILES string of the molecule is CN1CC(CCOc2ccc(N)cc2)C1. The zero-order valence-electron chi connectivity index (χ0n) is 9.15. The Morgan fingerprint density at radius 2 is 2.00 bits per heavy atom. The number of nitrogens with two attached hydrogens (primary N) is 1. The maximum Gasteiger partial charge on any atom is 0.119 e. The summed E-state index contributed by atoms with van der Waals surface area (Å²) in [6.07, 6.45) is 1.15. The lowest BCUT2D eigenvalue weighted by molar-refractivity contribution is 0.110. The Labute approximate surface area is 90.8 Å². The average Bonchev–Trinajstić information content (AvgIpc) is 2.18. The molecule has 0 atom stereocenters. The van der Waals surface area contributed by atoms with Gasteiger partial charge in [0.15, 0.2) is 0 Å². The van der Waals surface area contributed by atoms with Crippen LogP contribution in [0, 0.1) is 5.92 Å². The summed E-state index contributed by atoms with van der Waals surface area (Å²) in [7, 11) is 2.15. The molecule has 1 aliphatic rings. The van der Waals surface area contributed by atoms with Gasteiger partial charge in [-0.1, -0.05) is 0 Å². The number of rotatable bonds is 4. The van der Waals surface area contributed by atoms with Gasteiger partial charge in [0.25, 0.3) is 0 Å². The van der Waals surface area contributed by atoms with E-state index in [9.17, 15) is 0 Å². The fourth-order valence-corrected chi connectivity index (χ4v) is 1.92. The molecule has 15 heavy (non-hydrogen) atoms. The summed E-state index contributed by atoms with van der Waals surface area (Å²) in [6.45, 7) is 3.23. The number of benzene rings is 1. The van der Waals surface area contributed by atoms with Gasteiger partial charge in [-0.05, 0) is 43.7 Å². The Balaban J connectivity index is 1.67. The lowest BCUT2D eigenvalue weighted by Gasteiger charge is -2.36. The Morgan fingerprint density at radius 3 is 2.60 bits per heavy atom. The molecule has 1 heterocycles. The molecule has 1 aromatic carbocycles. The van der Waals surface area contributed by atoms with Crippen LogP contribution >= 0.6 is 0 Å². The maximum absolute atomic E-state index is 5.63. The molecule has 0 amide bonds. The maximum atomic E-state index is 5.63. The second-order valence-electron chi connectivity index (χ2n) is 4.29. The van der Waals surface area contributed by atoms with Crippen molar-refractivity contribution in [1.82, 2.24) is 4.90 Å². The van der Waals surface area contributed by atoms with E-state index < -0.39 is 0 Å². The van der Waals surface area contributed by atoms with Crippen molar-refractivity contribution in [2.75, 3.05) is 32.5 Å². The Hall–Kier alpha value is -1.22. The summed E-state index contributed by atoms with van der Waals surface area (Å²) in [5.74, 6) is 1.74. The molecule has 1 aromatic rings. The first kappa shape index (κ1) is 10.3. The van der Waals surface area contributed by atoms with Crippen LogP contribution in [0.3, 0.4) is 0 Å². The van der Waals surface area contributed by atoms with Gasteiger partial charge in [-0.15, -0.1) is 0 Å². The molecule has 0 aromatic heterocycles. The molecule has 1 aliphatic heterocycles. The van der Waals surface area contributed by atoms with Crippen molar-refractivity contribution in [3.8, 4) is 5.75 Å². The molecule has 82 valence electrons. The van der Waals surface area contributed by atoms with E-state index in [-0.39, 0.29) is 0 Å². The van der Waals surface area contributed by atoms with Gasteiger partial charge >= 0.3 is 0 Å². The van der Waals surface area contributed by atoms with E-state index in [1.54, 1.807) is 0 Å². The molecule has 2 N–H and O–H groups in total. The van der Waals surface area contributed by atoms with Gasteiger partial charge in [0.05, 0.1) is 6.61 Å². The number of nitrogens with zero attached hydrogens (tertiary/aromatic N) is 1. The third kappa shape index (κ3) is 2.86. The molecule has 0 radical (unpaired) electrons. The number of hydrogen-bond donors (Lipinski definition) is 1. The third-order valence-electron chi connectivity index (χ3n) is 2.81. The molecule has 1 saturated heterocycles. The number of ether oxygens (including phenoxy) is 1. The zero-order valence-corrected chi connectivity index (χ0v) is 9.15. The van der Waals surface area contributed by atoms with Crippen LogP contribution in [0.2, 0.25) is 0 Å². The van der Waals surface area contributed by atoms with Gasteiger partial charge in [-0.25, -0.2) is 0 Å². The quantitative estimate of drug-likeness (QED) is 0.760. The lowest BCUT2D eigenvalue weighted by atomic mass is 9.98. The normalized spacial score (nSPS) is 17.4. The first-order valence-corrected chi connectivity index (χ1v) is 5.41. The highest BCUT2D eigenvalue weighted by atomic mass is 16.5. The van der Waals surface area contributed by atoms with Gasteiger partial charge in [0.2, 0.25) is 0 Å². The number of nitrogen functional groups attached to an aromatic ring is 1. The molecule has 0 unspecified atom stereocenters. The van der Waals surface area contributed by atoms with Gasteiger partial charge in [0, 0.05) is 18.8 Å². The minimum Gasteiger partial charge on any atom is -0.494 e. The Kier molecular flexibility index (Phi) is 3.11. The molecule has 0 aliphatic carbocycles. The first-order chi connectivity index (χ1) is 7.24. The summed E-state index contributed by atoms with van der Waals surface area (Å²) >= 11 is 0. The van der Waals surface area contributed by atoms with Crippen LogP contribution < -0.4 is 10.5 Å². The fraction of sp³-hybridized carbons (Fsp3) is 0.500. The summed E-state index contributed by atoms with van der Waals surface area (Å²) in [5, 5.41) is 0. The van der Waals surface area contributed by atoms with E-state index in [0.29, 0.717) is 0 Å². The molecule has 3 nitrogen and oxygen atoms in total. The summed E-state index contributed by atoms with van der Waals surface area (Å²) < 4.78 is 5.63. The van der Waals surface area contributed by atoms with Crippen LogP contribution in [-0.4, -0.2) is 31.6 Å². The van der Waals surface area contributed by atoms with Crippen LogP contribution in [0.15, 0.2) is 24.3 Å². The van der Waals surface area contributed by atoms with Crippen molar-refractivity contribution in [2.24, 2.45) is 5.92 Å². The van der Waals surface area contributed by atoms with E-state index in [1.807, 2.05) is 24.3 Å². The van der Waals surface area contributed by atoms with Crippen LogP contribution in [0.1, 0.15) is 6.42 Å². The van der Waals surface area contributed by atoms with Gasteiger partial charge in [-0.2, -0.15) is 0 Å². The monoisotopic (exact) mass is 206 g/mol. The molecule has 2 rings (SSSR count). The summed E-state index contributed by atoms with van der Waals surface area (Å²) in [4.78, 5) is 2.33. The van der Waals surface area contributed by atoms with E-state index in [1.165, 1.54) is 13.1 Å². The predicted molar refractivity (Wildman–Crippen MR) is 62.0 cm³/mol. The zero-order chi connectivity index (χ0) is 10.7. The van der Waals surface area contributed by atoms with Crippen molar-refractivity contribution >= 4 is 5.69 Å². The lowest BCUT2D eigenvalue weighted by Crippen LogP contribution is -2.44. The minimum absolute atomic E-state index is 0.781. The molecule has 1 fully saturated rings. The first-order valence-electron chi connectivity index (χ1n) is 5.41. The van der Waals surface area contributed by atoms with Crippen LogP contribution in [0.5, 0.6) is 5.75 Å². The molecule has 0 bridgehead atoms. The topological polar surface area (TPSA) is 38.5 Å². The van der Waals surface area contributed by atoms with Gasteiger partial charge < -0.3 is 15.4 Å². The average molecular weight is 206 g/mol. The van der Waals surface area contributed by atoms with Crippen LogP contribution in [0.4, 0.5) is 5.69 Å². The van der Waals surface area contributed by atoms with Crippen molar-refractivity contribution in [1.29, 1.82) is 0 Å². The van der Waals surface area contributed by atoms with Crippen molar-refractivity contribution in [3.63, 3.8) is 0 Å². The smallest absolute Gasteiger partial charge is 0.119 e. The second kappa shape index (κ2) is 4.53. The van der Waals surface area contributed by atoms with Crippen molar-refractivity contribution in [2.45, 2.75) is 6.42 Å². The molecule has 0 spiro atoms. The Morgan fingerprint density at radius 1 is 1.33 bits per heavy atom. The molecule has 0 saturated carbocycles. The number of likely N-dealkylation sites (tertiary alicyclic amines) is 1. The highest BCUT2D eigenvalue weighted by molar-refractivity contribution is 5.41. The van der Waals surface area contributed by atoms with Crippen molar-refractivity contribution in [3.05, 3.63) is 24.3 Å². The predicted octanol–water partition coefficient (Wildman–Crippen LogP) is 1.60. The molecular weight excluding hydrogens is 188 g/mol.